The van der Waals surface area contributed by atoms with E-state index in [1.165, 1.54) is 6.42 Å². The molecule has 0 spiro atoms. The minimum Gasteiger partial charge on any atom is -0.480 e. The second-order valence-electron chi connectivity index (χ2n) is 5.08. The maximum Gasteiger partial charge on any atom is 0.321 e. The van der Waals surface area contributed by atoms with Gasteiger partial charge in [0.2, 0.25) is 10.0 Å². The Bertz CT molecular complexity index is 360. The molecule has 0 radical (unpaired) electrons. The number of sulfonamides is 1. The molecule has 0 bridgehead atoms. The predicted octanol–water partition coefficient (Wildman–Crippen LogP) is 1.74. The molecule has 1 fully saturated rings. The first-order valence-electron chi connectivity index (χ1n) is 6.67. The van der Waals surface area contributed by atoms with E-state index in [0.717, 1.165) is 25.7 Å². The summed E-state index contributed by atoms with van der Waals surface area (Å²) in [6.07, 6.45) is 6.19. The van der Waals surface area contributed by atoms with Crippen molar-refractivity contribution in [3.05, 3.63) is 0 Å². The minimum absolute atomic E-state index is 0.0699. The predicted molar refractivity (Wildman–Crippen MR) is 69.8 cm³/mol. The number of carbonyl (C=O) groups is 1. The quantitative estimate of drug-likeness (QED) is 0.742. The van der Waals surface area contributed by atoms with Gasteiger partial charge in [0.1, 0.15) is 6.04 Å². The molecule has 2 N–H and O–H groups in total. The molecular weight excluding hydrogens is 254 g/mol. The Balaban J connectivity index is 2.53. The van der Waals surface area contributed by atoms with Gasteiger partial charge in [0.25, 0.3) is 0 Å². The third-order valence-corrected chi connectivity index (χ3v) is 4.93. The van der Waals surface area contributed by atoms with Crippen LogP contribution in [0.2, 0.25) is 0 Å². The third-order valence-electron chi connectivity index (χ3n) is 3.38. The molecule has 1 unspecified atom stereocenters. The topological polar surface area (TPSA) is 83.5 Å². The third kappa shape index (κ3) is 5.35. The van der Waals surface area contributed by atoms with Crippen LogP contribution in [0, 0.1) is 5.92 Å². The molecule has 1 aliphatic rings. The zero-order valence-corrected chi connectivity index (χ0v) is 11.7. The molecule has 0 aromatic heterocycles. The smallest absolute Gasteiger partial charge is 0.321 e. The molecule has 0 aromatic rings. The molecule has 106 valence electrons. The summed E-state index contributed by atoms with van der Waals surface area (Å²) in [6.45, 7) is 1.84. The van der Waals surface area contributed by atoms with Gasteiger partial charge in [-0.15, -0.1) is 0 Å². The van der Waals surface area contributed by atoms with E-state index >= 15 is 0 Å². The number of rotatable bonds is 7. The number of hydrogen-bond donors (Lipinski definition) is 2. The van der Waals surface area contributed by atoms with Gasteiger partial charge in [-0.3, -0.25) is 4.79 Å². The largest absolute Gasteiger partial charge is 0.480 e. The molecule has 1 aliphatic carbocycles. The zero-order valence-electron chi connectivity index (χ0n) is 10.9. The fraction of sp³-hybridized carbons (Fsp3) is 0.917. The van der Waals surface area contributed by atoms with Crippen LogP contribution in [0.4, 0.5) is 0 Å². The van der Waals surface area contributed by atoms with Crippen molar-refractivity contribution in [1.82, 2.24) is 4.72 Å². The van der Waals surface area contributed by atoms with Gasteiger partial charge in [-0.2, -0.15) is 0 Å². The summed E-state index contributed by atoms with van der Waals surface area (Å²) >= 11 is 0. The second-order valence-corrected chi connectivity index (χ2v) is 6.88. The molecule has 1 saturated carbocycles. The van der Waals surface area contributed by atoms with Crippen LogP contribution in [0.3, 0.4) is 0 Å². The number of hydrogen-bond acceptors (Lipinski definition) is 3. The number of carboxylic acid groups (broad SMARTS) is 1. The summed E-state index contributed by atoms with van der Waals surface area (Å²) in [5.41, 5.74) is 0. The van der Waals surface area contributed by atoms with E-state index in [-0.39, 0.29) is 11.7 Å². The maximum absolute atomic E-state index is 11.9. The van der Waals surface area contributed by atoms with Crippen LogP contribution in [0.1, 0.15) is 51.9 Å². The van der Waals surface area contributed by atoms with Crippen LogP contribution in [-0.2, 0) is 14.8 Å². The fourth-order valence-corrected chi connectivity index (χ4v) is 4.15. The average molecular weight is 277 g/mol. The normalized spacial score (nSPS) is 19.6. The number of aliphatic carboxylic acids is 1. The molecule has 0 saturated heterocycles. The molecule has 5 nitrogen and oxygen atoms in total. The van der Waals surface area contributed by atoms with Crippen molar-refractivity contribution < 1.29 is 18.3 Å². The highest BCUT2D eigenvalue weighted by molar-refractivity contribution is 7.89. The Morgan fingerprint density at radius 2 is 1.94 bits per heavy atom. The highest BCUT2D eigenvalue weighted by Crippen LogP contribution is 2.24. The summed E-state index contributed by atoms with van der Waals surface area (Å²) in [5.74, 6) is -0.836. The van der Waals surface area contributed by atoms with Crippen molar-refractivity contribution in [2.45, 2.75) is 57.9 Å². The lowest BCUT2D eigenvalue weighted by Gasteiger charge is -2.22. The minimum atomic E-state index is -3.48. The van der Waals surface area contributed by atoms with Crippen molar-refractivity contribution >= 4 is 16.0 Å². The Morgan fingerprint density at radius 1 is 1.33 bits per heavy atom. The van der Waals surface area contributed by atoms with Crippen molar-refractivity contribution in [1.29, 1.82) is 0 Å². The van der Waals surface area contributed by atoms with Crippen molar-refractivity contribution in [3.8, 4) is 0 Å². The summed E-state index contributed by atoms with van der Waals surface area (Å²) < 4.78 is 26.1. The van der Waals surface area contributed by atoms with E-state index in [4.69, 9.17) is 5.11 Å². The van der Waals surface area contributed by atoms with E-state index in [1.54, 1.807) is 0 Å². The molecule has 0 heterocycles. The SMILES string of the molecule is CCCC(NS(=O)(=O)CC1CCCCC1)C(=O)O. The molecule has 0 aliphatic heterocycles. The van der Waals surface area contributed by atoms with Gasteiger partial charge in [0.05, 0.1) is 5.75 Å². The van der Waals surface area contributed by atoms with Crippen LogP contribution >= 0.6 is 0 Å². The van der Waals surface area contributed by atoms with Crippen molar-refractivity contribution in [2.24, 2.45) is 5.92 Å². The molecule has 6 heteroatoms. The molecular formula is C12H23NO4S. The van der Waals surface area contributed by atoms with Crippen molar-refractivity contribution in [3.63, 3.8) is 0 Å². The van der Waals surface area contributed by atoms with Gasteiger partial charge >= 0.3 is 5.97 Å². The van der Waals surface area contributed by atoms with E-state index in [1.807, 2.05) is 6.92 Å². The summed E-state index contributed by atoms with van der Waals surface area (Å²) in [6, 6.07) is -0.983. The number of nitrogens with one attached hydrogen (secondary N) is 1. The summed E-state index contributed by atoms with van der Waals surface area (Å²) in [5, 5.41) is 8.95. The van der Waals surface area contributed by atoms with Crippen LogP contribution in [0.15, 0.2) is 0 Å². The summed E-state index contributed by atoms with van der Waals surface area (Å²) in [7, 11) is -3.48. The second kappa shape index (κ2) is 7.09. The monoisotopic (exact) mass is 277 g/mol. The Kier molecular flexibility index (Phi) is 6.08. The Hall–Kier alpha value is -0.620. The first kappa shape index (κ1) is 15.4. The Labute approximate surface area is 109 Å². The van der Waals surface area contributed by atoms with Gasteiger partial charge in [-0.05, 0) is 25.2 Å². The van der Waals surface area contributed by atoms with Crippen LogP contribution in [0.25, 0.3) is 0 Å². The highest BCUT2D eigenvalue weighted by atomic mass is 32.2. The Morgan fingerprint density at radius 3 is 2.44 bits per heavy atom. The van der Waals surface area contributed by atoms with Gasteiger partial charge in [0.15, 0.2) is 0 Å². The van der Waals surface area contributed by atoms with Gasteiger partial charge in [0, 0.05) is 0 Å². The highest BCUT2D eigenvalue weighted by Gasteiger charge is 2.26. The van der Waals surface area contributed by atoms with Crippen LogP contribution in [-0.4, -0.2) is 31.3 Å². The molecule has 18 heavy (non-hydrogen) atoms. The van der Waals surface area contributed by atoms with Crippen LogP contribution < -0.4 is 4.72 Å². The first-order chi connectivity index (χ1) is 8.44. The van der Waals surface area contributed by atoms with Crippen molar-refractivity contribution in [2.75, 3.05) is 5.75 Å². The lowest BCUT2D eigenvalue weighted by molar-refractivity contribution is -0.139. The fourth-order valence-electron chi connectivity index (χ4n) is 2.45. The van der Waals surface area contributed by atoms with Gasteiger partial charge < -0.3 is 5.11 Å². The van der Waals surface area contributed by atoms with E-state index < -0.39 is 22.0 Å². The molecule has 0 amide bonds. The lowest BCUT2D eigenvalue weighted by Crippen LogP contribution is -2.42. The van der Waals surface area contributed by atoms with E-state index in [0.29, 0.717) is 12.8 Å². The molecule has 0 aromatic carbocycles. The number of carboxylic acids is 1. The van der Waals surface area contributed by atoms with Gasteiger partial charge in [-0.1, -0.05) is 32.6 Å². The maximum atomic E-state index is 11.9. The lowest BCUT2D eigenvalue weighted by atomic mass is 9.91. The standard InChI is InChI=1S/C12H23NO4S/c1-2-6-11(12(14)15)13-18(16,17)9-10-7-4-3-5-8-10/h10-11,13H,2-9H2,1H3,(H,14,15). The molecule has 1 rings (SSSR count). The average Bonchev–Trinajstić information content (AvgIpc) is 2.28. The van der Waals surface area contributed by atoms with E-state index in [2.05, 4.69) is 4.72 Å². The first-order valence-corrected chi connectivity index (χ1v) is 8.32. The van der Waals surface area contributed by atoms with Crippen LogP contribution in [0.5, 0.6) is 0 Å². The molecule has 1 atom stereocenters. The summed E-state index contributed by atoms with van der Waals surface area (Å²) in [4.78, 5) is 10.9. The van der Waals surface area contributed by atoms with Gasteiger partial charge in [-0.25, -0.2) is 13.1 Å². The van der Waals surface area contributed by atoms with E-state index in [9.17, 15) is 13.2 Å². The zero-order chi connectivity index (χ0) is 13.6.